The molecule has 1 aliphatic rings. The summed E-state index contributed by atoms with van der Waals surface area (Å²) in [6.45, 7) is 0. The Kier molecular flexibility index (Phi) is 6.12. The molecule has 46 heavy (non-hydrogen) atoms. The highest BCUT2D eigenvalue weighted by Gasteiger charge is 2.46. The fourth-order valence-electron chi connectivity index (χ4n) is 7.48. The predicted molar refractivity (Wildman–Crippen MR) is 191 cm³/mol. The topological polar surface area (TPSA) is 16.4 Å². The molecule has 2 nitrogen and oxygen atoms in total. The zero-order chi connectivity index (χ0) is 30.7. The van der Waals surface area contributed by atoms with Crippen molar-refractivity contribution in [1.82, 2.24) is 0 Å². The zero-order valence-electron chi connectivity index (χ0n) is 24.9. The lowest BCUT2D eigenvalue weighted by Crippen LogP contribution is -2.28. The van der Waals surface area contributed by atoms with Gasteiger partial charge in [0.15, 0.2) is 0 Å². The Balaban J connectivity index is 1.34. The van der Waals surface area contributed by atoms with Crippen LogP contribution in [0, 0.1) is 0 Å². The average Bonchev–Trinajstić information content (AvgIpc) is 3.63. The molecule has 218 valence electrons. The molecule has 0 saturated heterocycles. The monoisotopic (exact) mass is 609 g/mol. The third-order valence-electron chi connectivity index (χ3n) is 9.41. The molecule has 0 radical (unpaired) electrons. The van der Waals surface area contributed by atoms with Crippen LogP contribution in [-0.2, 0) is 5.41 Å². The molecule has 0 saturated carbocycles. The molecule has 1 aliphatic carbocycles. The predicted octanol–water partition coefficient (Wildman–Crippen LogP) is 12.1. The minimum atomic E-state index is -0.499. The Morgan fingerprint density at radius 3 is 1.83 bits per heavy atom. The van der Waals surface area contributed by atoms with Gasteiger partial charge in [-0.3, -0.25) is 0 Å². The number of anilines is 3. The fourth-order valence-corrected chi connectivity index (χ4v) is 7.71. The molecule has 0 N–H and O–H groups in total. The molecule has 1 aromatic heterocycles. The first-order chi connectivity index (χ1) is 22.7. The largest absolute Gasteiger partial charge is 0.456 e. The van der Waals surface area contributed by atoms with Gasteiger partial charge in [0.1, 0.15) is 11.2 Å². The summed E-state index contributed by atoms with van der Waals surface area (Å²) in [6.07, 6.45) is 0. The van der Waals surface area contributed by atoms with Gasteiger partial charge in [0.2, 0.25) is 0 Å². The van der Waals surface area contributed by atoms with Crippen LogP contribution in [0.2, 0.25) is 5.02 Å². The molecule has 1 heterocycles. The van der Waals surface area contributed by atoms with Gasteiger partial charge in [-0.2, -0.15) is 0 Å². The minimum Gasteiger partial charge on any atom is -0.456 e. The molecule has 0 bridgehead atoms. The van der Waals surface area contributed by atoms with Crippen LogP contribution in [0.4, 0.5) is 17.1 Å². The Hall–Kier alpha value is -5.57. The smallest absolute Gasteiger partial charge is 0.135 e. The van der Waals surface area contributed by atoms with Gasteiger partial charge in [0.25, 0.3) is 0 Å². The van der Waals surface area contributed by atoms with Crippen molar-refractivity contribution >= 4 is 50.6 Å². The summed E-state index contributed by atoms with van der Waals surface area (Å²) in [4.78, 5) is 2.27. The molecule has 3 heteroatoms. The summed E-state index contributed by atoms with van der Waals surface area (Å²) in [5, 5.41) is 2.84. The molecular formula is C43H28ClNO. The maximum atomic E-state index is 6.99. The van der Waals surface area contributed by atoms with E-state index in [1.54, 1.807) is 0 Å². The number of hydrogen-bond donors (Lipinski definition) is 0. The van der Waals surface area contributed by atoms with Gasteiger partial charge in [-0.15, -0.1) is 0 Å². The zero-order valence-corrected chi connectivity index (χ0v) is 25.7. The van der Waals surface area contributed by atoms with Gasteiger partial charge in [-0.05, 0) is 81.9 Å². The van der Waals surface area contributed by atoms with Crippen LogP contribution in [0.1, 0.15) is 22.3 Å². The van der Waals surface area contributed by atoms with Crippen LogP contribution in [-0.4, -0.2) is 0 Å². The Morgan fingerprint density at radius 2 is 1.04 bits per heavy atom. The lowest BCUT2D eigenvalue weighted by atomic mass is 9.67. The Morgan fingerprint density at radius 1 is 0.457 bits per heavy atom. The standard InChI is InChI=1S/C43H28ClNO/c44-39-20-10-11-21-40(39)45(31-24-26-42-36(27-31)35-18-8-12-22-41(35)46-42)32-23-25-34-33-17-7-9-19-37(33)43(38(34)28-32,29-13-3-1-4-14-29)30-15-5-2-6-16-30/h1-28H. The van der Waals surface area contributed by atoms with E-state index in [-0.39, 0.29) is 0 Å². The average molecular weight is 610 g/mol. The second kappa shape index (κ2) is 10.5. The number of halogens is 1. The van der Waals surface area contributed by atoms with Crippen molar-refractivity contribution < 1.29 is 4.42 Å². The first-order valence-corrected chi connectivity index (χ1v) is 15.9. The third kappa shape index (κ3) is 3.90. The Bertz CT molecular complexity index is 2350. The van der Waals surface area contributed by atoms with E-state index in [0.29, 0.717) is 5.02 Å². The number of nitrogens with zero attached hydrogens (tertiary/aromatic N) is 1. The fraction of sp³-hybridized carbons (Fsp3) is 0.0233. The van der Waals surface area contributed by atoms with E-state index in [1.165, 1.54) is 33.4 Å². The first kappa shape index (κ1) is 26.8. The van der Waals surface area contributed by atoms with Crippen LogP contribution in [0.5, 0.6) is 0 Å². The molecule has 0 fully saturated rings. The maximum absolute atomic E-state index is 6.99. The van der Waals surface area contributed by atoms with Crippen LogP contribution >= 0.6 is 11.6 Å². The molecular weight excluding hydrogens is 582 g/mol. The minimum absolute atomic E-state index is 0.499. The van der Waals surface area contributed by atoms with Gasteiger partial charge in [0, 0.05) is 22.1 Å². The van der Waals surface area contributed by atoms with Crippen molar-refractivity contribution in [3.8, 4) is 11.1 Å². The first-order valence-electron chi connectivity index (χ1n) is 15.5. The number of benzene rings is 7. The number of hydrogen-bond acceptors (Lipinski definition) is 2. The van der Waals surface area contributed by atoms with E-state index >= 15 is 0 Å². The summed E-state index contributed by atoms with van der Waals surface area (Å²) in [7, 11) is 0. The molecule has 7 aromatic carbocycles. The van der Waals surface area contributed by atoms with E-state index < -0.39 is 5.41 Å². The molecule has 0 atom stereocenters. The van der Waals surface area contributed by atoms with Gasteiger partial charge in [0.05, 0.1) is 16.1 Å². The van der Waals surface area contributed by atoms with Gasteiger partial charge in [-0.1, -0.05) is 133 Å². The van der Waals surface area contributed by atoms with E-state index in [2.05, 4.69) is 144 Å². The van der Waals surface area contributed by atoms with Crippen molar-refractivity contribution in [3.05, 3.63) is 197 Å². The van der Waals surface area contributed by atoms with Gasteiger partial charge in [-0.25, -0.2) is 0 Å². The van der Waals surface area contributed by atoms with Crippen molar-refractivity contribution in [1.29, 1.82) is 0 Å². The van der Waals surface area contributed by atoms with E-state index in [0.717, 1.165) is 39.0 Å². The molecule has 9 rings (SSSR count). The summed E-state index contributed by atoms with van der Waals surface area (Å²) in [6, 6.07) is 60.2. The van der Waals surface area contributed by atoms with Crippen molar-refractivity contribution in [2.75, 3.05) is 4.90 Å². The number of rotatable bonds is 5. The molecule has 0 amide bonds. The van der Waals surface area contributed by atoms with E-state index in [9.17, 15) is 0 Å². The molecule has 0 aliphatic heterocycles. The highest BCUT2D eigenvalue weighted by molar-refractivity contribution is 6.33. The number of furan rings is 1. The van der Waals surface area contributed by atoms with Crippen LogP contribution < -0.4 is 4.90 Å². The van der Waals surface area contributed by atoms with Crippen LogP contribution in [0.3, 0.4) is 0 Å². The summed E-state index contributed by atoms with van der Waals surface area (Å²) < 4.78 is 6.20. The maximum Gasteiger partial charge on any atom is 0.135 e. The van der Waals surface area contributed by atoms with E-state index in [1.807, 2.05) is 30.3 Å². The van der Waals surface area contributed by atoms with Crippen LogP contribution in [0.15, 0.2) is 174 Å². The van der Waals surface area contributed by atoms with E-state index in [4.69, 9.17) is 16.0 Å². The second-order valence-corrected chi connectivity index (χ2v) is 12.2. The number of fused-ring (bicyclic) bond motifs is 6. The third-order valence-corrected chi connectivity index (χ3v) is 9.73. The molecule has 0 spiro atoms. The quantitative estimate of drug-likeness (QED) is 0.193. The lowest BCUT2D eigenvalue weighted by molar-refractivity contribution is 0.669. The normalized spacial score (nSPS) is 13.1. The summed E-state index contributed by atoms with van der Waals surface area (Å²) in [5.74, 6) is 0. The lowest BCUT2D eigenvalue weighted by Gasteiger charge is -2.35. The van der Waals surface area contributed by atoms with Gasteiger partial charge < -0.3 is 9.32 Å². The SMILES string of the molecule is Clc1ccccc1N(c1ccc2c(c1)C(c1ccccc1)(c1ccccc1)c1ccccc1-2)c1ccc2oc3ccccc3c2c1. The van der Waals surface area contributed by atoms with Gasteiger partial charge >= 0.3 is 0 Å². The van der Waals surface area contributed by atoms with Crippen molar-refractivity contribution in [3.63, 3.8) is 0 Å². The van der Waals surface area contributed by atoms with Crippen LogP contribution in [0.25, 0.3) is 33.1 Å². The summed E-state index contributed by atoms with van der Waals surface area (Å²) in [5.41, 5.74) is 11.7. The molecule has 8 aromatic rings. The summed E-state index contributed by atoms with van der Waals surface area (Å²) >= 11 is 6.99. The Labute approximate surface area is 272 Å². The van der Waals surface area contributed by atoms with Crippen molar-refractivity contribution in [2.45, 2.75) is 5.41 Å². The highest BCUT2D eigenvalue weighted by atomic mass is 35.5. The highest BCUT2D eigenvalue weighted by Crippen LogP contribution is 2.57. The molecule has 0 unspecified atom stereocenters. The number of para-hydroxylation sites is 2. The second-order valence-electron chi connectivity index (χ2n) is 11.8. The van der Waals surface area contributed by atoms with Crippen molar-refractivity contribution in [2.24, 2.45) is 0 Å².